The Bertz CT molecular complexity index is 1240. The first-order chi connectivity index (χ1) is 14.9. The van der Waals surface area contributed by atoms with Gasteiger partial charge in [-0.05, 0) is 68.9 Å². The van der Waals surface area contributed by atoms with Crippen LogP contribution in [0.25, 0.3) is 11.1 Å². The second-order valence-corrected chi connectivity index (χ2v) is 10.9. The minimum absolute atomic E-state index is 0.0116. The van der Waals surface area contributed by atoms with Crippen molar-refractivity contribution in [2.75, 3.05) is 0 Å². The molecule has 9 heteroatoms. The van der Waals surface area contributed by atoms with Crippen LogP contribution in [0.3, 0.4) is 0 Å². The molecule has 0 bridgehead atoms. The molecule has 0 radical (unpaired) electrons. The number of pyridine rings is 1. The van der Waals surface area contributed by atoms with Crippen LogP contribution in [0.15, 0.2) is 46.0 Å². The molecule has 2 fully saturated rings. The molecule has 5 rings (SSSR count). The zero-order valence-electron chi connectivity index (χ0n) is 16.8. The molecule has 1 N–H and O–H groups in total. The number of nitrogens with one attached hydrogen (secondary N) is 1. The molecule has 0 spiro atoms. The highest BCUT2D eigenvalue weighted by Crippen LogP contribution is 2.35. The highest BCUT2D eigenvalue weighted by atomic mass is 35.5. The quantitative estimate of drug-likeness (QED) is 0.611. The minimum atomic E-state index is -3.42. The average Bonchev–Trinajstić information content (AvgIpc) is 3.55. The van der Waals surface area contributed by atoms with E-state index >= 15 is 0 Å². The molecule has 7 nitrogen and oxygen atoms in total. The van der Waals surface area contributed by atoms with E-state index in [1.165, 1.54) is 12.3 Å². The van der Waals surface area contributed by atoms with Crippen LogP contribution in [-0.4, -0.2) is 35.6 Å². The van der Waals surface area contributed by atoms with Gasteiger partial charge < -0.3 is 9.73 Å². The van der Waals surface area contributed by atoms with Gasteiger partial charge in [-0.2, -0.15) is 0 Å². The fourth-order valence-corrected chi connectivity index (χ4v) is 5.87. The Morgan fingerprint density at radius 3 is 2.58 bits per heavy atom. The summed E-state index contributed by atoms with van der Waals surface area (Å²) in [7, 11) is -3.42. The number of amides is 1. The number of oxazole rings is 1. The lowest BCUT2D eigenvalue weighted by Gasteiger charge is -2.27. The average molecular weight is 460 g/mol. The van der Waals surface area contributed by atoms with E-state index < -0.39 is 9.84 Å². The number of carbonyl (C=O) groups is 1. The fourth-order valence-electron chi connectivity index (χ4n) is 4.10. The Morgan fingerprint density at radius 1 is 1.06 bits per heavy atom. The molecule has 3 aromatic rings. The summed E-state index contributed by atoms with van der Waals surface area (Å²) in [6, 6.07) is 8.37. The lowest BCUT2D eigenvalue weighted by atomic mass is 9.86. The maximum atomic E-state index is 12.7. The second kappa shape index (κ2) is 7.91. The van der Waals surface area contributed by atoms with Crippen LogP contribution >= 0.6 is 11.6 Å². The Morgan fingerprint density at radius 2 is 1.84 bits per heavy atom. The minimum Gasteiger partial charge on any atom is -0.440 e. The molecule has 2 heterocycles. The highest BCUT2D eigenvalue weighted by Gasteiger charge is 2.38. The van der Waals surface area contributed by atoms with E-state index in [-0.39, 0.29) is 28.1 Å². The van der Waals surface area contributed by atoms with Gasteiger partial charge in [0.15, 0.2) is 26.3 Å². The molecule has 2 aliphatic carbocycles. The van der Waals surface area contributed by atoms with E-state index in [1.807, 2.05) is 6.07 Å². The topological polar surface area (TPSA) is 102 Å². The molecule has 2 aliphatic rings. The largest absolute Gasteiger partial charge is 0.440 e. The third-order valence-electron chi connectivity index (χ3n) is 6.03. The van der Waals surface area contributed by atoms with E-state index in [0.29, 0.717) is 29.3 Å². The van der Waals surface area contributed by atoms with Crippen LogP contribution in [0.4, 0.5) is 0 Å². The number of halogens is 1. The molecular formula is C22H22ClN3O4S. The van der Waals surface area contributed by atoms with Crippen LogP contribution in [0.5, 0.6) is 0 Å². The number of fused-ring (bicyclic) bond motifs is 1. The van der Waals surface area contributed by atoms with Crippen LogP contribution in [-0.2, 0) is 9.84 Å². The molecular weight excluding hydrogens is 438 g/mol. The Kier molecular flexibility index (Phi) is 5.22. The number of hydrogen-bond donors (Lipinski definition) is 1. The van der Waals surface area contributed by atoms with Gasteiger partial charge in [-0.25, -0.2) is 18.4 Å². The van der Waals surface area contributed by atoms with Crippen LogP contribution in [0, 0.1) is 0 Å². The highest BCUT2D eigenvalue weighted by molar-refractivity contribution is 7.92. The van der Waals surface area contributed by atoms with Crippen molar-refractivity contribution in [2.24, 2.45) is 0 Å². The summed E-state index contributed by atoms with van der Waals surface area (Å²) < 4.78 is 30.7. The third-order valence-corrected chi connectivity index (χ3v) is 8.42. The molecule has 1 aromatic carbocycles. The van der Waals surface area contributed by atoms with Gasteiger partial charge in [-0.15, -0.1) is 0 Å². The molecule has 0 aliphatic heterocycles. The zero-order chi connectivity index (χ0) is 21.6. The molecule has 0 saturated heterocycles. The van der Waals surface area contributed by atoms with Gasteiger partial charge >= 0.3 is 0 Å². The maximum absolute atomic E-state index is 12.7. The first-order valence-electron chi connectivity index (χ1n) is 10.5. The predicted octanol–water partition coefficient (Wildman–Crippen LogP) is 4.27. The Balaban J connectivity index is 1.22. The van der Waals surface area contributed by atoms with E-state index in [0.717, 1.165) is 36.8 Å². The molecule has 31 heavy (non-hydrogen) atoms. The SMILES string of the molecule is O=C(N[C@H]1CC[C@H](c2nc3cc(Cl)ccc3o2)CC1)c1ccnc(S(=O)(=O)C2CC2)c1. The first-order valence-corrected chi connectivity index (χ1v) is 12.4. The number of hydrogen-bond acceptors (Lipinski definition) is 6. The van der Waals surface area contributed by atoms with E-state index in [1.54, 1.807) is 18.2 Å². The predicted molar refractivity (Wildman–Crippen MR) is 116 cm³/mol. The molecule has 162 valence electrons. The van der Waals surface area contributed by atoms with Crippen molar-refractivity contribution in [2.45, 2.75) is 60.8 Å². The molecule has 2 saturated carbocycles. The van der Waals surface area contributed by atoms with Crippen molar-refractivity contribution >= 4 is 38.4 Å². The number of benzene rings is 1. The lowest BCUT2D eigenvalue weighted by Crippen LogP contribution is -2.37. The summed E-state index contributed by atoms with van der Waals surface area (Å²) in [5, 5.41) is 3.30. The number of rotatable bonds is 5. The number of sulfone groups is 1. The summed E-state index contributed by atoms with van der Waals surface area (Å²) in [6.07, 6.45) is 6.02. The summed E-state index contributed by atoms with van der Waals surface area (Å²) >= 11 is 6.03. The molecule has 0 unspecified atom stereocenters. The van der Waals surface area contributed by atoms with Gasteiger partial charge in [-0.1, -0.05) is 11.6 Å². The zero-order valence-corrected chi connectivity index (χ0v) is 18.3. The smallest absolute Gasteiger partial charge is 0.251 e. The van der Waals surface area contributed by atoms with Gasteiger partial charge in [0.25, 0.3) is 5.91 Å². The van der Waals surface area contributed by atoms with Crippen LogP contribution < -0.4 is 5.32 Å². The first kappa shape index (κ1) is 20.5. The summed E-state index contributed by atoms with van der Waals surface area (Å²) in [5.41, 5.74) is 1.81. The fraction of sp³-hybridized carbons (Fsp3) is 0.409. The van der Waals surface area contributed by atoms with Gasteiger partial charge in [-0.3, -0.25) is 4.79 Å². The van der Waals surface area contributed by atoms with Crippen molar-refractivity contribution in [3.8, 4) is 0 Å². The van der Waals surface area contributed by atoms with Gasteiger partial charge in [0.05, 0.1) is 5.25 Å². The van der Waals surface area contributed by atoms with Crippen LogP contribution in [0.1, 0.15) is 60.7 Å². The monoisotopic (exact) mass is 459 g/mol. The molecule has 0 atom stereocenters. The maximum Gasteiger partial charge on any atom is 0.251 e. The summed E-state index contributed by atoms with van der Waals surface area (Å²) in [6.45, 7) is 0. The van der Waals surface area contributed by atoms with E-state index in [9.17, 15) is 13.2 Å². The number of carbonyl (C=O) groups excluding carboxylic acids is 1. The number of aromatic nitrogens is 2. The summed E-state index contributed by atoms with van der Waals surface area (Å²) in [5.74, 6) is 0.649. The normalized spacial score (nSPS) is 21.8. The lowest BCUT2D eigenvalue weighted by molar-refractivity contribution is 0.0924. The van der Waals surface area contributed by atoms with E-state index in [4.69, 9.17) is 16.0 Å². The van der Waals surface area contributed by atoms with Crippen molar-refractivity contribution in [3.05, 3.63) is 53.0 Å². The molecule has 2 aromatic heterocycles. The third kappa shape index (κ3) is 4.19. The van der Waals surface area contributed by atoms with Crippen molar-refractivity contribution in [1.82, 2.24) is 15.3 Å². The van der Waals surface area contributed by atoms with Crippen LogP contribution in [0.2, 0.25) is 5.02 Å². The Hall–Kier alpha value is -2.45. The molecule has 1 amide bonds. The van der Waals surface area contributed by atoms with Gasteiger partial charge in [0.2, 0.25) is 0 Å². The Labute approximate surface area is 185 Å². The number of nitrogens with zero attached hydrogens (tertiary/aromatic N) is 2. The standard InChI is InChI=1S/C22H22ClN3O4S/c23-15-3-8-19-18(12-15)26-22(30-19)13-1-4-16(5-2-13)25-21(27)14-9-10-24-20(11-14)31(28,29)17-6-7-17/h3,8-13,16-17H,1-2,4-7H2,(H,25,27)/t13-,16-. The van der Waals surface area contributed by atoms with E-state index in [2.05, 4.69) is 15.3 Å². The van der Waals surface area contributed by atoms with Gasteiger partial charge in [0, 0.05) is 28.7 Å². The second-order valence-electron chi connectivity index (χ2n) is 8.31. The van der Waals surface area contributed by atoms with Gasteiger partial charge in [0.1, 0.15) is 5.52 Å². The van der Waals surface area contributed by atoms with Crippen molar-refractivity contribution in [1.29, 1.82) is 0 Å². The van der Waals surface area contributed by atoms with Crippen molar-refractivity contribution < 1.29 is 17.6 Å². The summed E-state index contributed by atoms with van der Waals surface area (Å²) in [4.78, 5) is 21.3. The van der Waals surface area contributed by atoms with Crippen molar-refractivity contribution in [3.63, 3.8) is 0 Å².